The van der Waals surface area contributed by atoms with Crippen molar-refractivity contribution >= 4 is 17.7 Å². The first-order valence-electron chi connectivity index (χ1n) is 4.96. The van der Waals surface area contributed by atoms with E-state index in [1.54, 1.807) is 6.92 Å². The lowest BCUT2D eigenvalue weighted by Gasteiger charge is -2.07. The van der Waals surface area contributed by atoms with Crippen LogP contribution in [-0.2, 0) is 16.1 Å². The molecule has 1 aromatic heterocycles. The largest absolute Gasteiger partial charge is 0.469 e. The van der Waals surface area contributed by atoms with Gasteiger partial charge in [-0.15, -0.1) is 5.10 Å². The third-order valence-electron chi connectivity index (χ3n) is 2.11. The Morgan fingerprint density at radius 1 is 1.69 bits per heavy atom. The van der Waals surface area contributed by atoms with Gasteiger partial charge in [0.25, 0.3) is 0 Å². The molecule has 0 aliphatic carbocycles. The molecule has 1 atom stereocenters. The number of esters is 1. The van der Waals surface area contributed by atoms with E-state index in [0.717, 1.165) is 0 Å². The fraction of sp³-hybridized carbons (Fsp3) is 0.667. The predicted octanol–water partition coefficient (Wildman–Crippen LogP) is 0.492. The summed E-state index contributed by atoms with van der Waals surface area (Å²) in [5, 5.41) is 6.86. The molecular formula is C9H15N3O3S. The summed E-state index contributed by atoms with van der Waals surface area (Å²) in [6.45, 7) is 4.20. The molecule has 0 aliphatic rings. The number of methoxy groups -OCH3 is 1. The second-order valence-electron chi connectivity index (χ2n) is 3.29. The summed E-state index contributed by atoms with van der Waals surface area (Å²) in [7, 11) is 1.36. The van der Waals surface area contributed by atoms with Crippen LogP contribution in [0.5, 0.6) is 0 Å². The molecule has 0 aromatic carbocycles. The molecule has 1 rings (SSSR count). The van der Waals surface area contributed by atoms with Crippen LogP contribution in [0, 0.1) is 5.92 Å². The summed E-state index contributed by atoms with van der Waals surface area (Å²) < 4.78 is 6.14. The average Bonchev–Trinajstić information content (AvgIpc) is 2.65. The molecule has 1 heterocycles. The molecule has 1 aromatic rings. The fourth-order valence-electron chi connectivity index (χ4n) is 1.16. The number of ether oxygens (including phenoxy) is 1. The molecule has 0 saturated heterocycles. The molecule has 1 unspecified atom stereocenters. The van der Waals surface area contributed by atoms with Gasteiger partial charge in [0.15, 0.2) is 5.16 Å². The Kier molecular flexibility index (Phi) is 4.60. The first kappa shape index (κ1) is 12.8. The molecule has 6 nitrogen and oxygen atoms in total. The Hall–Kier alpha value is -1.24. The molecule has 16 heavy (non-hydrogen) atoms. The van der Waals surface area contributed by atoms with Crippen LogP contribution in [0.4, 0.5) is 0 Å². The van der Waals surface area contributed by atoms with Crippen LogP contribution in [0.1, 0.15) is 13.8 Å². The zero-order chi connectivity index (χ0) is 12.1. The van der Waals surface area contributed by atoms with Crippen molar-refractivity contribution in [2.45, 2.75) is 25.5 Å². The van der Waals surface area contributed by atoms with Crippen LogP contribution in [0.3, 0.4) is 0 Å². The second-order valence-corrected chi connectivity index (χ2v) is 4.28. The van der Waals surface area contributed by atoms with Gasteiger partial charge in [-0.05, 0) is 6.92 Å². The number of rotatable bonds is 5. The number of aromatic amines is 1. The van der Waals surface area contributed by atoms with Gasteiger partial charge < -0.3 is 4.74 Å². The van der Waals surface area contributed by atoms with Gasteiger partial charge in [0, 0.05) is 12.3 Å². The first-order valence-corrected chi connectivity index (χ1v) is 5.94. The Balaban J connectivity index is 2.61. The average molecular weight is 245 g/mol. The summed E-state index contributed by atoms with van der Waals surface area (Å²) in [6.07, 6.45) is 0. The van der Waals surface area contributed by atoms with Gasteiger partial charge in [-0.25, -0.2) is 9.89 Å². The molecule has 0 spiro atoms. The number of aromatic nitrogens is 3. The van der Waals surface area contributed by atoms with Gasteiger partial charge in [-0.3, -0.25) is 9.36 Å². The summed E-state index contributed by atoms with van der Waals surface area (Å²) >= 11 is 1.36. The van der Waals surface area contributed by atoms with E-state index in [0.29, 0.717) is 17.5 Å². The summed E-state index contributed by atoms with van der Waals surface area (Å²) in [6, 6.07) is 0. The highest BCUT2D eigenvalue weighted by Crippen LogP contribution is 2.17. The van der Waals surface area contributed by atoms with Crippen molar-refractivity contribution < 1.29 is 9.53 Å². The standard InChI is InChI=1S/C9H15N3O3S/c1-4-12-8(14)10-11-9(12)16-5-6(2)7(13)15-3/h6H,4-5H2,1-3H3,(H,10,14). The van der Waals surface area contributed by atoms with E-state index in [1.807, 2.05) is 6.92 Å². The predicted molar refractivity (Wildman–Crippen MR) is 60.4 cm³/mol. The first-order chi connectivity index (χ1) is 7.60. The molecule has 7 heteroatoms. The third kappa shape index (κ3) is 2.88. The van der Waals surface area contributed by atoms with Crippen LogP contribution >= 0.6 is 11.8 Å². The van der Waals surface area contributed by atoms with Crippen molar-refractivity contribution in [3.05, 3.63) is 10.5 Å². The molecule has 0 radical (unpaired) electrons. The summed E-state index contributed by atoms with van der Waals surface area (Å²) in [5.74, 6) is 0.0669. The maximum atomic E-state index is 11.2. The Bertz CT molecular complexity index is 412. The monoisotopic (exact) mass is 245 g/mol. The lowest BCUT2D eigenvalue weighted by Crippen LogP contribution is -2.18. The van der Waals surface area contributed by atoms with E-state index in [1.165, 1.54) is 23.4 Å². The topological polar surface area (TPSA) is 77.0 Å². The van der Waals surface area contributed by atoms with Crippen molar-refractivity contribution in [1.29, 1.82) is 0 Å². The molecule has 0 aliphatic heterocycles. The number of H-pyrrole nitrogens is 1. The molecule has 0 fully saturated rings. The normalized spacial score (nSPS) is 12.4. The summed E-state index contributed by atoms with van der Waals surface area (Å²) in [5.41, 5.74) is -0.226. The number of nitrogens with one attached hydrogen (secondary N) is 1. The van der Waals surface area contributed by atoms with Gasteiger partial charge in [0.05, 0.1) is 13.0 Å². The smallest absolute Gasteiger partial charge is 0.343 e. The molecule has 0 saturated carbocycles. The molecule has 0 amide bonds. The number of nitrogens with zero attached hydrogens (tertiary/aromatic N) is 2. The highest BCUT2D eigenvalue weighted by molar-refractivity contribution is 7.99. The number of hydrogen-bond donors (Lipinski definition) is 1. The number of thioether (sulfide) groups is 1. The van der Waals surface area contributed by atoms with Crippen molar-refractivity contribution in [2.24, 2.45) is 5.92 Å². The van der Waals surface area contributed by atoms with Gasteiger partial charge in [0.2, 0.25) is 0 Å². The van der Waals surface area contributed by atoms with Crippen LogP contribution in [0.25, 0.3) is 0 Å². The highest BCUT2D eigenvalue weighted by atomic mass is 32.2. The van der Waals surface area contributed by atoms with Crippen molar-refractivity contribution in [3.63, 3.8) is 0 Å². The lowest BCUT2D eigenvalue weighted by atomic mass is 10.2. The molecule has 90 valence electrons. The van der Waals surface area contributed by atoms with E-state index in [4.69, 9.17) is 0 Å². The Morgan fingerprint density at radius 2 is 2.38 bits per heavy atom. The fourth-order valence-corrected chi connectivity index (χ4v) is 2.17. The quantitative estimate of drug-likeness (QED) is 0.603. The maximum Gasteiger partial charge on any atom is 0.343 e. The van der Waals surface area contributed by atoms with E-state index in [2.05, 4.69) is 14.9 Å². The minimum absolute atomic E-state index is 0.216. The van der Waals surface area contributed by atoms with Crippen LogP contribution in [0.15, 0.2) is 9.95 Å². The van der Waals surface area contributed by atoms with Gasteiger partial charge in [-0.2, -0.15) is 0 Å². The Labute approximate surface area is 97.4 Å². The van der Waals surface area contributed by atoms with E-state index >= 15 is 0 Å². The van der Waals surface area contributed by atoms with Gasteiger partial charge in [0.1, 0.15) is 0 Å². The van der Waals surface area contributed by atoms with Gasteiger partial charge >= 0.3 is 11.7 Å². The second kappa shape index (κ2) is 5.74. The third-order valence-corrected chi connectivity index (χ3v) is 3.34. The minimum Gasteiger partial charge on any atom is -0.469 e. The number of hydrogen-bond acceptors (Lipinski definition) is 5. The van der Waals surface area contributed by atoms with Crippen molar-refractivity contribution in [2.75, 3.05) is 12.9 Å². The Morgan fingerprint density at radius 3 is 2.94 bits per heavy atom. The minimum atomic E-state index is -0.256. The van der Waals surface area contributed by atoms with Crippen LogP contribution in [0.2, 0.25) is 0 Å². The van der Waals surface area contributed by atoms with E-state index in [9.17, 15) is 9.59 Å². The number of carbonyl (C=O) groups excluding carboxylic acids is 1. The van der Waals surface area contributed by atoms with Crippen molar-refractivity contribution in [1.82, 2.24) is 14.8 Å². The van der Waals surface area contributed by atoms with Crippen molar-refractivity contribution in [3.8, 4) is 0 Å². The molecular weight excluding hydrogens is 230 g/mol. The maximum absolute atomic E-state index is 11.2. The highest BCUT2D eigenvalue weighted by Gasteiger charge is 2.15. The zero-order valence-electron chi connectivity index (χ0n) is 9.52. The van der Waals surface area contributed by atoms with Crippen LogP contribution < -0.4 is 5.69 Å². The summed E-state index contributed by atoms with van der Waals surface area (Å²) in [4.78, 5) is 22.4. The van der Waals surface area contributed by atoms with Crippen LogP contribution in [-0.4, -0.2) is 33.6 Å². The SMILES string of the molecule is CCn1c(SCC(C)C(=O)OC)n[nH]c1=O. The number of carbonyl (C=O) groups is 1. The van der Waals surface area contributed by atoms with Gasteiger partial charge in [-0.1, -0.05) is 18.7 Å². The van der Waals surface area contributed by atoms with E-state index < -0.39 is 0 Å². The molecule has 0 bridgehead atoms. The van der Waals surface area contributed by atoms with E-state index in [-0.39, 0.29) is 17.6 Å². The lowest BCUT2D eigenvalue weighted by molar-refractivity contribution is -0.143. The molecule has 1 N–H and O–H groups in total. The zero-order valence-corrected chi connectivity index (χ0v) is 10.3.